The maximum Gasteiger partial charge on any atom is 0.256 e. The van der Waals surface area contributed by atoms with Crippen LogP contribution in [-0.4, -0.2) is 23.9 Å². The Morgan fingerprint density at radius 1 is 1.33 bits per heavy atom. The first-order valence-electron chi connectivity index (χ1n) is 7.96. The summed E-state index contributed by atoms with van der Waals surface area (Å²) in [6.45, 7) is 5.13. The Kier molecular flexibility index (Phi) is 4.21. The molecule has 2 N–H and O–H groups in total. The van der Waals surface area contributed by atoms with Crippen molar-refractivity contribution in [2.45, 2.75) is 26.1 Å². The number of likely N-dealkylation sites (N-methyl/N-ethyl adjacent to an activating group) is 1. The molecule has 3 heterocycles. The fourth-order valence-electron chi connectivity index (χ4n) is 3.33. The average Bonchev–Trinajstić information content (AvgIpc) is 2.92. The number of halogens is 2. The Morgan fingerprint density at radius 2 is 2.17 bits per heavy atom. The van der Waals surface area contributed by atoms with E-state index < -0.39 is 0 Å². The third-order valence-electron chi connectivity index (χ3n) is 4.63. The number of hydrogen-bond acceptors (Lipinski definition) is 4. The van der Waals surface area contributed by atoms with E-state index in [1.165, 1.54) is 10.4 Å². The Morgan fingerprint density at radius 3 is 2.92 bits per heavy atom. The van der Waals surface area contributed by atoms with Crippen LogP contribution in [0.3, 0.4) is 0 Å². The lowest BCUT2D eigenvalue weighted by Crippen LogP contribution is -2.39. The van der Waals surface area contributed by atoms with Crippen molar-refractivity contribution >= 4 is 45.4 Å². The zero-order valence-corrected chi connectivity index (χ0v) is 15.5. The minimum absolute atomic E-state index is 0.0257. The first-order valence-corrected chi connectivity index (χ1v) is 9.53. The van der Waals surface area contributed by atoms with E-state index in [9.17, 15) is 4.79 Å². The summed E-state index contributed by atoms with van der Waals surface area (Å²) >= 11 is 13.9. The lowest BCUT2D eigenvalue weighted by molar-refractivity contribution is 0.0935. The first kappa shape index (κ1) is 16.2. The van der Waals surface area contributed by atoms with Gasteiger partial charge in [0.15, 0.2) is 0 Å². The standard InChI is InChI=1S/C17H17Cl2N3OS/c1-2-22-6-5-11-13(8-22)24-17-14(11)16(23)20-15(21-17)10-4-3-9(18)7-12(10)19/h3-4,7,15,21H,2,5-6,8H2,1H3,(H,20,23)/t15-/m0/s1. The van der Waals surface area contributed by atoms with Crippen LogP contribution < -0.4 is 10.6 Å². The highest BCUT2D eigenvalue weighted by atomic mass is 35.5. The molecule has 4 nitrogen and oxygen atoms in total. The van der Waals surface area contributed by atoms with Crippen molar-refractivity contribution in [1.82, 2.24) is 10.2 Å². The van der Waals surface area contributed by atoms with E-state index in [-0.39, 0.29) is 12.1 Å². The molecule has 4 rings (SSSR count). The van der Waals surface area contributed by atoms with Crippen LogP contribution in [0.1, 0.15) is 39.5 Å². The van der Waals surface area contributed by atoms with Gasteiger partial charge >= 0.3 is 0 Å². The number of nitrogens with one attached hydrogen (secondary N) is 2. The van der Waals surface area contributed by atoms with Crippen LogP contribution in [0.25, 0.3) is 0 Å². The van der Waals surface area contributed by atoms with Crippen LogP contribution in [0, 0.1) is 0 Å². The molecule has 0 spiro atoms. The van der Waals surface area contributed by atoms with Crippen LogP contribution in [-0.2, 0) is 13.0 Å². The molecule has 2 aliphatic heterocycles. The molecule has 0 aliphatic carbocycles. The Labute approximate surface area is 154 Å². The largest absolute Gasteiger partial charge is 0.353 e. The first-order chi connectivity index (χ1) is 11.6. The van der Waals surface area contributed by atoms with E-state index in [4.69, 9.17) is 23.2 Å². The molecule has 0 saturated heterocycles. The molecule has 1 atom stereocenters. The molecule has 126 valence electrons. The van der Waals surface area contributed by atoms with Crippen molar-refractivity contribution < 1.29 is 4.79 Å². The minimum atomic E-state index is -0.336. The van der Waals surface area contributed by atoms with Crippen molar-refractivity contribution in [2.24, 2.45) is 0 Å². The molecule has 1 aromatic carbocycles. The van der Waals surface area contributed by atoms with Gasteiger partial charge in [0, 0.05) is 33.6 Å². The number of carbonyl (C=O) groups excluding carboxylic acids is 1. The molecule has 24 heavy (non-hydrogen) atoms. The van der Waals surface area contributed by atoms with Crippen LogP contribution in [0.4, 0.5) is 5.00 Å². The second-order valence-electron chi connectivity index (χ2n) is 6.04. The Hall–Kier alpha value is -1.27. The smallest absolute Gasteiger partial charge is 0.256 e. The van der Waals surface area contributed by atoms with Crippen LogP contribution >= 0.6 is 34.5 Å². The molecule has 0 saturated carbocycles. The zero-order valence-electron chi connectivity index (χ0n) is 13.2. The highest BCUT2D eigenvalue weighted by Crippen LogP contribution is 2.41. The van der Waals surface area contributed by atoms with Gasteiger partial charge in [0.1, 0.15) is 11.2 Å². The number of fused-ring (bicyclic) bond motifs is 3. The minimum Gasteiger partial charge on any atom is -0.353 e. The summed E-state index contributed by atoms with van der Waals surface area (Å²) in [5.41, 5.74) is 2.83. The van der Waals surface area contributed by atoms with Crippen molar-refractivity contribution in [3.05, 3.63) is 49.8 Å². The van der Waals surface area contributed by atoms with Crippen molar-refractivity contribution in [1.29, 1.82) is 0 Å². The van der Waals surface area contributed by atoms with E-state index in [2.05, 4.69) is 22.5 Å². The van der Waals surface area contributed by atoms with Crippen molar-refractivity contribution in [2.75, 3.05) is 18.4 Å². The van der Waals surface area contributed by atoms with E-state index >= 15 is 0 Å². The molecular weight excluding hydrogens is 365 g/mol. The Bertz CT molecular complexity index is 820. The van der Waals surface area contributed by atoms with Gasteiger partial charge in [0.2, 0.25) is 0 Å². The molecule has 0 bridgehead atoms. The molecule has 0 radical (unpaired) electrons. The van der Waals surface area contributed by atoms with Gasteiger partial charge < -0.3 is 10.6 Å². The van der Waals surface area contributed by atoms with E-state index in [0.29, 0.717) is 10.0 Å². The normalized spacial score (nSPS) is 20.1. The highest BCUT2D eigenvalue weighted by Gasteiger charge is 2.33. The molecular formula is C17H17Cl2N3OS. The van der Waals surface area contributed by atoms with Gasteiger partial charge in [-0.3, -0.25) is 9.69 Å². The summed E-state index contributed by atoms with van der Waals surface area (Å²) in [5.74, 6) is -0.0257. The number of amides is 1. The number of thiophene rings is 1. The average molecular weight is 382 g/mol. The van der Waals surface area contributed by atoms with Gasteiger partial charge in [-0.25, -0.2) is 0 Å². The summed E-state index contributed by atoms with van der Waals surface area (Å²) in [5, 5.41) is 8.53. The lowest BCUT2D eigenvalue weighted by Gasteiger charge is -2.28. The maximum atomic E-state index is 12.7. The van der Waals surface area contributed by atoms with Gasteiger partial charge in [-0.1, -0.05) is 36.2 Å². The number of hydrogen-bond donors (Lipinski definition) is 2. The third kappa shape index (κ3) is 2.69. The molecule has 0 unspecified atom stereocenters. The zero-order chi connectivity index (χ0) is 16.8. The van der Waals surface area contributed by atoms with Crippen LogP contribution in [0.15, 0.2) is 18.2 Å². The number of benzene rings is 1. The number of anilines is 1. The maximum absolute atomic E-state index is 12.7. The van der Waals surface area contributed by atoms with E-state index in [1.54, 1.807) is 23.5 Å². The quantitative estimate of drug-likeness (QED) is 0.815. The van der Waals surface area contributed by atoms with Crippen LogP contribution in [0.5, 0.6) is 0 Å². The summed E-state index contributed by atoms with van der Waals surface area (Å²) in [7, 11) is 0. The molecule has 2 aliphatic rings. The fraction of sp³-hybridized carbons (Fsp3) is 0.353. The van der Waals surface area contributed by atoms with E-state index in [0.717, 1.165) is 42.2 Å². The summed E-state index contributed by atoms with van der Waals surface area (Å²) in [4.78, 5) is 16.4. The summed E-state index contributed by atoms with van der Waals surface area (Å²) < 4.78 is 0. The fourth-order valence-corrected chi connectivity index (χ4v) is 5.16. The highest BCUT2D eigenvalue weighted by molar-refractivity contribution is 7.16. The van der Waals surface area contributed by atoms with Gasteiger partial charge in [0.05, 0.1) is 5.56 Å². The molecule has 2 aromatic rings. The number of rotatable bonds is 2. The second-order valence-corrected chi connectivity index (χ2v) is 7.99. The third-order valence-corrected chi connectivity index (χ3v) is 6.34. The number of carbonyl (C=O) groups is 1. The van der Waals surface area contributed by atoms with Crippen LogP contribution in [0.2, 0.25) is 10.0 Å². The second kappa shape index (κ2) is 6.23. The van der Waals surface area contributed by atoms with Crippen molar-refractivity contribution in [3.8, 4) is 0 Å². The predicted octanol–water partition coefficient (Wildman–Crippen LogP) is 4.29. The lowest BCUT2D eigenvalue weighted by atomic mass is 10.0. The summed E-state index contributed by atoms with van der Waals surface area (Å²) in [6.07, 6.45) is 0.591. The SMILES string of the molecule is CCN1CCc2c(sc3c2C(=O)N[C@H](c2ccc(Cl)cc2Cl)N3)C1. The van der Waals surface area contributed by atoms with Gasteiger partial charge in [0.25, 0.3) is 5.91 Å². The molecule has 1 amide bonds. The molecule has 7 heteroatoms. The van der Waals surface area contributed by atoms with Gasteiger partial charge in [-0.15, -0.1) is 11.3 Å². The predicted molar refractivity (Wildman–Crippen MR) is 99.3 cm³/mol. The number of nitrogens with zero attached hydrogens (tertiary/aromatic N) is 1. The summed E-state index contributed by atoms with van der Waals surface area (Å²) in [6, 6.07) is 5.32. The molecule has 1 aromatic heterocycles. The van der Waals surface area contributed by atoms with Gasteiger partial charge in [-0.05, 0) is 30.7 Å². The topological polar surface area (TPSA) is 44.4 Å². The van der Waals surface area contributed by atoms with Gasteiger partial charge in [-0.2, -0.15) is 0 Å². The van der Waals surface area contributed by atoms with Crippen molar-refractivity contribution in [3.63, 3.8) is 0 Å². The molecule has 0 fully saturated rings. The Balaban J connectivity index is 1.68. The van der Waals surface area contributed by atoms with E-state index in [1.807, 2.05) is 6.07 Å². The monoisotopic (exact) mass is 381 g/mol.